The molecule has 20 heavy (non-hydrogen) atoms. The summed E-state index contributed by atoms with van der Waals surface area (Å²) >= 11 is 0. The highest BCUT2D eigenvalue weighted by Crippen LogP contribution is 2.24. The van der Waals surface area contributed by atoms with E-state index in [2.05, 4.69) is 11.4 Å². The average Bonchev–Trinajstić information content (AvgIpc) is 2.45. The SMILES string of the molecule is COCCc1ccccc1NCc1ccc(O)cc1O. The molecule has 0 saturated heterocycles. The number of phenolic OH excluding ortho intramolecular Hbond substituents is 2. The quantitative estimate of drug-likeness (QED) is 0.757. The lowest BCUT2D eigenvalue weighted by Crippen LogP contribution is -2.04. The summed E-state index contributed by atoms with van der Waals surface area (Å²) in [6, 6.07) is 12.6. The van der Waals surface area contributed by atoms with E-state index < -0.39 is 0 Å². The van der Waals surface area contributed by atoms with Gasteiger partial charge in [-0.25, -0.2) is 0 Å². The molecule has 3 N–H and O–H groups in total. The van der Waals surface area contributed by atoms with Gasteiger partial charge in [0.25, 0.3) is 0 Å². The molecule has 106 valence electrons. The van der Waals surface area contributed by atoms with Gasteiger partial charge in [-0.2, -0.15) is 0 Å². The molecule has 0 fully saturated rings. The van der Waals surface area contributed by atoms with Crippen molar-refractivity contribution in [3.8, 4) is 11.5 Å². The summed E-state index contributed by atoms with van der Waals surface area (Å²) in [5.74, 6) is 0.151. The van der Waals surface area contributed by atoms with E-state index >= 15 is 0 Å². The molecule has 0 saturated carbocycles. The Hall–Kier alpha value is -2.20. The van der Waals surface area contributed by atoms with Crippen molar-refractivity contribution >= 4 is 5.69 Å². The number of rotatable bonds is 6. The molecule has 2 rings (SSSR count). The number of para-hydroxylation sites is 1. The number of hydrogen-bond donors (Lipinski definition) is 3. The van der Waals surface area contributed by atoms with Gasteiger partial charge in [0.05, 0.1) is 6.61 Å². The van der Waals surface area contributed by atoms with E-state index in [-0.39, 0.29) is 11.5 Å². The molecule has 0 atom stereocenters. The maximum atomic E-state index is 9.76. The molecule has 0 unspecified atom stereocenters. The predicted octanol–water partition coefficient (Wildman–Crippen LogP) is 2.90. The molecule has 0 aromatic heterocycles. The van der Waals surface area contributed by atoms with Crippen LogP contribution < -0.4 is 5.32 Å². The van der Waals surface area contributed by atoms with Crippen LogP contribution >= 0.6 is 0 Å². The first-order chi connectivity index (χ1) is 9.70. The standard InChI is InChI=1S/C16H19NO3/c1-20-9-8-12-4-2-3-5-15(12)17-11-13-6-7-14(18)10-16(13)19/h2-7,10,17-19H,8-9,11H2,1H3. The van der Waals surface area contributed by atoms with Crippen molar-refractivity contribution in [2.45, 2.75) is 13.0 Å². The number of hydrogen-bond acceptors (Lipinski definition) is 4. The predicted molar refractivity (Wildman–Crippen MR) is 79.1 cm³/mol. The second-order valence-corrected chi connectivity index (χ2v) is 4.57. The lowest BCUT2D eigenvalue weighted by molar-refractivity contribution is 0.202. The molecule has 0 bridgehead atoms. The summed E-state index contributed by atoms with van der Waals surface area (Å²) in [5, 5.41) is 22.3. The first-order valence-electron chi connectivity index (χ1n) is 6.52. The second kappa shape index (κ2) is 6.82. The first-order valence-corrected chi connectivity index (χ1v) is 6.52. The van der Waals surface area contributed by atoms with E-state index in [9.17, 15) is 10.2 Å². The van der Waals surface area contributed by atoms with Gasteiger partial charge in [-0.3, -0.25) is 0 Å². The highest BCUT2D eigenvalue weighted by molar-refractivity contribution is 5.52. The van der Waals surface area contributed by atoms with Gasteiger partial charge < -0.3 is 20.3 Å². The number of aromatic hydroxyl groups is 2. The second-order valence-electron chi connectivity index (χ2n) is 4.57. The van der Waals surface area contributed by atoms with Gasteiger partial charge in [-0.15, -0.1) is 0 Å². The van der Waals surface area contributed by atoms with Crippen molar-refractivity contribution in [1.29, 1.82) is 0 Å². The third-order valence-electron chi connectivity index (χ3n) is 3.13. The van der Waals surface area contributed by atoms with Gasteiger partial charge in [0.1, 0.15) is 11.5 Å². The van der Waals surface area contributed by atoms with Crippen LogP contribution in [0.3, 0.4) is 0 Å². The van der Waals surface area contributed by atoms with E-state index in [0.29, 0.717) is 13.2 Å². The van der Waals surface area contributed by atoms with Gasteiger partial charge in [0.15, 0.2) is 0 Å². The van der Waals surface area contributed by atoms with Gasteiger partial charge in [-0.1, -0.05) is 18.2 Å². The minimum absolute atomic E-state index is 0.0618. The van der Waals surface area contributed by atoms with Gasteiger partial charge in [0, 0.05) is 31.0 Å². The monoisotopic (exact) mass is 273 g/mol. The summed E-state index contributed by atoms with van der Waals surface area (Å²) in [7, 11) is 1.69. The number of anilines is 1. The Morgan fingerprint density at radius 1 is 1.05 bits per heavy atom. The van der Waals surface area contributed by atoms with Crippen molar-refractivity contribution in [1.82, 2.24) is 0 Å². The number of ether oxygens (including phenoxy) is 1. The van der Waals surface area contributed by atoms with Crippen molar-refractivity contribution < 1.29 is 14.9 Å². The Morgan fingerprint density at radius 3 is 2.60 bits per heavy atom. The van der Waals surface area contributed by atoms with E-state index in [1.165, 1.54) is 11.6 Å². The average molecular weight is 273 g/mol. The topological polar surface area (TPSA) is 61.7 Å². The number of benzene rings is 2. The Labute approximate surface area is 118 Å². The molecule has 4 nitrogen and oxygen atoms in total. The van der Waals surface area contributed by atoms with Gasteiger partial charge in [-0.05, 0) is 30.2 Å². The zero-order valence-corrected chi connectivity index (χ0v) is 11.5. The molecule has 2 aromatic rings. The molecular weight excluding hydrogens is 254 g/mol. The first kappa shape index (κ1) is 14.2. The molecule has 0 aliphatic carbocycles. The largest absolute Gasteiger partial charge is 0.508 e. The fourth-order valence-electron chi connectivity index (χ4n) is 2.01. The molecule has 0 amide bonds. The number of nitrogens with one attached hydrogen (secondary N) is 1. The Bertz CT molecular complexity index is 569. The molecule has 0 heterocycles. The highest BCUT2D eigenvalue weighted by Gasteiger charge is 2.05. The Morgan fingerprint density at radius 2 is 1.85 bits per heavy atom. The van der Waals surface area contributed by atoms with Crippen LogP contribution in [-0.4, -0.2) is 23.9 Å². The number of phenols is 2. The van der Waals surface area contributed by atoms with Crippen LogP contribution in [0.4, 0.5) is 5.69 Å². The molecule has 4 heteroatoms. The van der Waals surface area contributed by atoms with Crippen LogP contribution in [0.5, 0.6) is 11.5 Å². The normalized spacial score (nSPS) is 10.4. The van der Waals surface area contributed by atoms with Crippen molar-refractivity contribution in [2.24, 2.45) is 0 Å². The van der Waals surface area contributed by atoms with Crippen LogP contribution in [0.1, 0.15) is 11.1 Å². The van der Waals surface area contributed by atoms with E-state index in [4.69, 9.17) is 4.74 Å². The maximum absolute atomic E-state index is 9.76. The smallest absolute Gasteiger partial charge is 0.124 e. The fourth-order valence-corrected chi connectivity index (χ4v) is 2.01. The zero-order valence-electron chi connectivity index (χ0n) is 11.5. The van der Waals surface area contributed by atoms with Crippen LogP contribution in [0.25, 0.3) is 0 Å². The van der Waals surface area contributed by atoms with Crippen molar-refractivity contribution in [3.05, 3.63) is 53.6 Å². The van der Waals surface area contributed by atoms with E-state index in [1.807, 2.05) is 18.2 Å². The molecular formula is C16H19NO3. The van der Waals surface area contributed by atoms with Crippen LogP contribution in [0, 0.1) is 0 Å². The summed E-state index contributed by atoms with van der Waals surface area (Å²) < 4.78 is 5.10. The molecule has 0 aliphatic rings. The minimum Gasteiger partial charge on any atom is -0.508 e. The Balaban J connectivity index is 2.06. The van der Waals surface area contributed by atoms with E-state index in [1.54, 1.807) is 19.2 Å². The zero-order chi connectivity index (χ0) is 14.4. The number of methoxy groups -OCH3 is 1. The molecule has 0 spiro atoms. The van der Waals surface area contributed by atoms with Crippen LogP contribution in [0.2, 0.25) is 0 Å². The molecule has 2 aromatic carbocycles. The van der Waals surface area contributed by atoms with Crippen molar-refractivity contribution in [2.75, 3.05) is 19.0 Å². The highest BCUT2D eigenvalue weighted by atomic mass is 16.5. The molecule has 0 aliphatic heterocycles. The van der Waals surface area contributed by atoms with Gasteiger partial charge >= 0.3 is 0 Å². The lowest BCUT2D eigenvalue weighted by atomic mass is 10.1. The summed E-state index contributed by atoms with van der Waals surface area (Å²) in [4.78, 5) is 0. The Kier molecular flexibility index (Phi) is 4.85. The lowest BCUT2D eigenvalue weighted by Gasteiger charge is -2.12. The third kappa shape index (κ3) is 3.65. The molecule has 0 radical (unpaired) electrons. The summed E-state index contributed by atoms with van der Waals surface area (Å²) in [5.41, 5.74) is 2.94. The third-order valence-corrected chi connectivity index (χ3v) is 3.13. The summed E-state index contributed by atoms with van der Waals surface area (Å²) in [6.07, 6.45) is 0.835. The summed E-state index contributed by atoms with van der Waals surface area (Å²) in [6.45, 7) is 1.17. The van der Waals surface area contributed by atoms with E-state index in [0.717, 1.165) is 17.7 Å². The maximum Gasteiger partial charge on any atom is 0.124 e. The van der Waals surface area contributed by atoms with Crippen LogP contribution in [-0.2, 0) is 17.7 Å². The van der Waals surface area contributed by atoms with Gasteiger partial charge in [0.2, 0.25) is 0 Å². The van der Waals surface area contributed by atoms with Crippen molar-refractivity contribution in [3.63, 3.8) is 0 Å². The minimum atomic E-state index is 0.0618. The van der Waals surface area contributed by atoms with Crippen LogP contribution in [0.15, 0.2) is 42.5 Å². The fraction of sp³-hybridized carbons (Fsp3) is 0.250.